The molecular weight excluding hydrogens is 691 g/mol. The molecule has 2 aromatic heterocycles. The van der Waals surface area contributed by atoms with Crippen LogP contribution in [0.15, 0.2) is 18.3 Å². The van der Waals surface area contributed by atoms with Crippen molar-refractivity contribution in [2.75, 3.05) is 25.4 Å². The molecular formula is C27H19F9N6O5S. The Morgan fingerprint density at radius 3 is 2.17 bits per heavy atom. The molecule has 2 aromatic carbocycles. The minimum Gasteiger partial charge on any atom is -0.475 e. The lowest BCUT2D eigenvalue weighted by atomic mass is 9.93. The maximum atomic E-state index is 15.8. The minimum atomic E-state index is -5.08. The standard InChI is InChI=1S/C23H17F3N6OS.2C2HF3O2/c24-14-2-1-11(16-12(7-27)22(28)34-21(14)16)15-13-9-30-32-5-3-10-8-29-4-6-31(10)23(33)17(20(13)32)19(26)18(15)25;2*3-2(4,5)1(6)7/h1-2,9-10,29H,3-6,8,28H2;2*(H,6,7)/t10-;;/m1../s1. The Hall–Kier alpha value is -5.10. The Labute approximate surface area is 265 Å². The molecule has 2 aliphatic heterocycles. The van der Waals surface area contributed by atoms with Crippen LogP contribution >= 0.6 is 11.3 Å². The fourth-order valence-electron chi connectivity index (χ4n) is 5.11. The number of carboxylic acid groups (broad SMARTS) is 2. The van der Waals surface area contributed by atoms with Crippen molar-refractivity contribution in [1.82, 2.24) is 20.0 Å². The lowest BCUT2D eigenvalue weighted by molar-refractivity contribution is -0.193. The Bertz CT molecular complexity index is 1960. The van der Waals surface area contributed by atoms with Gasteiger partial charge < -0.3 is 26.2 Å². The molecule has 21 heteroatoms. The highest BCUT2D eigenvalue weighted by atomic mass is 32.1. The molecule has 4 heterocycles. The van der Waals surface area contributed by atoms with Gasteiger partial charge >= 0.3 is 24.3 Å². The van der Waals surface area contributed by atoms with Crippen molar-refractivity contribution < 1.29 is 64.1 Å². The Morgan fingerprint density at radius 1 is 1.02 bits per heavy atom. The second-order valence-corrected chi connectivity index (χ2v) is 11.1. The number of halogens is 9. The van der Waals surface area contributed by atoms with Crippen molar-refractivity contribution in [2.45, 2.75) is 31.4 Å². The molecule has 0 aliphatic carbocycles. The van der Waals surface area contributed by atoms with Crippen LogP contribution in [0.2, 0.25) is 0 Å². The third kappa shape index (κ3) is 6.66. The number of hydrogen-bond acceptors (Lipinski definition) is 8. The van der Waals surface area contributed by atoms with Crippen molar-refractivity contribution >= 4 is 55.2 Å². The Balaban J connectivity index is 0.000000314. The number of piperazine rings is 1. The first kappa shape index (κ1) is 35.7. The summed E-state index contributed by atoms with van der Waals surface area (Å²) in [6.45, 7) is 1.93. The van der Waals surface area contributed by atoms with Crippen molar-refractivity contribution in [3.8, 4) is 17.2 Å². The molecule has 4 aromatic rings. The second kappa shape index (κ2) is 13.2. The molecule has 48 heavy (non-hydrogen) atoms. The first-order valence-corrected chi connectivity index (χ1v) is 14.0. The van der Waals surface area contributed by atoms with Gasteiger partial charge in [0.05, 0.1) is 22.0 Å². The van der Waals surface area contributed by atoms with E-state index in [1.807, 2.05) is 6.07 Å². The number of carbonyl (C=O) groups excluding carboxylic acids is 1. The molecule has 0 unspecified atom stereocenters. The summed E-state index contributed by atoms with van der Waals surface area (Å²) < 4.78 is 111. The van der Waals surface area contributed by atoms with Crippen LogP contribution in [0, 0.1) is 28.8 Å². The summed E-state index contributed by atoms with van der Waals surface area (Å²) in [6.07, 6.45) is -8.17. The van der Waals surface area contributed by atoms with E-state index in [1.165, 1.54) is 16.9 Å². The third-order valence-electron chi connectivity index (χ3n) is 7.16. The van der Waals surface area contributed by atoms with Crippen LogP contribution in [0.5, 0.6) is 0 Å². The molecule has 0 radical (unpaired) electrons. The van der Waals surface area contributed by atoms with Gasteiger partial charge in [-0.25, -0.2) is 22.8 Å². The van der Waals surface area contributed by atoms with E-state index in [0.29, 0.717) is 32.6 Å². The van der Waals surface area contributed by atoms with Gasteiger partial charge in [0.15, 0.2) is 11.6 Å². The molecule has 5 N–H and O–H groups in total. The fourth-order valence-corrected chi connectivity index (χ4v) is 6.06. The number of nitrogens with two attached hydrogens (primary N) is 1. The highest BCUT2D eigenvalue weighted by Gasteiger charge is 2.39. The van der Waals surface area contributed by atoms with E-state index in [1.54, 1.807) is 4.90 Å². The first-order valence-electron chi connectivity index (χ1n) is 13.2. The highest BCUT2D eigenvalue weighted by molar-refractivity contribution is 7.23. The van der Waals surface area contributed by atoms with Gasteiger partial charge in [-0.1, -0.05) is 6.07 Å². The van der Waals surface area contributed by atoms with Crippen molar-refractivity contribution in [3.05, 3.63) is 46.9 Å². The summed E-state index contributed by atoms with van der Waals surface area (Å²) >= 11 is 0.874. The number of aliphatic carboxylic acids is 2. The van der Waals surface area contributed by atoms with E-state index in [4.69, 9.17) is 25.5 Å². The Morgan fingerprint density at radius 2 is 1.60 bits per heavy atom. The monoisotopic (exact) mass is 710 g/mol. The molecule has 11 nitrogen and oxygen atoms in total. The number of carboxylic acids is 2. The average Bonchev–Trinajstić information content (AvgIpc) is 3.57. The lowest BCUT2D eigenvalue weighted by Gasteiger charge is -2.37. The number of nitrogen functional groups attached to an aromatic ring is 1. The van der Waals surface area contributed by atoms with E-state index in [2.05, 4.69) is 10.4 Å². The normalized spacial score (nSPS) is 16.1. The minimum absolute atomic E-state index is 0.000206. The number of rotatable bonds is 1. The van der Waals surface area contributed by atoms with Crippen molar-refractivity contribution in [2.24, 2.45) is 0 Å². The zero-order valence-electron chi connectivity index (χ0n) is 23.6. The number of nitrogens with one attached hydrogen (secondary N) is 1. The molecule has 0 spiro atoms. The predicted molar refractivity (Wildman–Crippen MR) is 149 cm³/mol. The average molecular weight is 711 g/mol. The number of anilines is 1. The largest absolute Gasteiger partial charge is 0.490 e. The van der Waals surface area contributed by atoms with Crippen LogP contribution in [0.25, 0.3) is 32.1 Å². The zero-order chi connectivity index (χ0) is 35.9. The maximum absolute atomic E-state index is 15.8. The molecule has 2 aliphatic rings. The van der Waals surface area contributed by atoms with Gasteiger partial charge in [0.2, 0.25) is 0 Å². The molecule has 6 rings (SSSR count). The van der Waals surface area contributed by atoms with Gasteiger partial charge in [0.1, 0.15) is 22.5 Å². The fraction of sp³-hybridized carbons (Fsp3) is 0.296. The van der Waals surface area contributed by atoms with Crippen molar-refractivity contribution in [1.29, 1.82) is 5.26 Å². The number of fused-ring (bicyclic) bond motifs is 2. The summed E-state index contributed by atoms with van der Waals surface area (Å²) in [4.78, 5) is 32.8. The predicted octanol–water partition coefficient (Wildman–Crippen LogP) is 4.87. The number of benzene rings is 2. The molecule has 1 amide bonds. The molecule has 0 bridgehead atoms. The van der Waals surface area contributed by atoms with Crippen LogP contribution in [-0.2, 0) is 16.1 Å². The Kier molecular flexibility index (Phi) is 9.82. The van der Waals surface area contributed by atoms with Crippen LogP contribution in [0.4, 0.5) is 44.5 Å². The topological polar surface area (TPSA) is 175 Å². The van der Waals surface area contributed by atoms with Gasteiger partial charge in [-0.2, -0.15) is 36.7 Å². The summed E-state index contributed by atoms with van der Waals surface area (Å²) in [5.41, 5.74) is 5.71. The van der Waals surface area contributed by atoms with Gasteiger partial charge in [-0.05, 0) is 18.1 Å². The van der Waals surface area contributed by atoms with Gasteiger partial charge in [-0.15, -0.1) is 11.3 Å². The highest BCUT2D eigenvalue weighted by Crippen LogP contribution is 2.45. The molecule has 1 fully saturated rings. The quantitative estimate of drug-likeness (QED) is 0.201. The number of aryl methyl sites for hydroxylation is 1. The third-order valence-corrected chi connectivity index (χ3v) is 8.19. The van der Waals surface area contributed by atoms with Gasteiger partial charge in [0.25, 0.3) is 5.91 Å². The summed E-state index contributed by atoms with van der Waals surface area (Å²) in [5.74, 6) is -9.24. The number of aromatic nitrogens is 2. The summed E-state index contributed by atoms with van der Waals surface area (Å²) in [6, 6.07) is 4.23. The van der Waals surface area contributed by atoms with Crippen LogP contribution in [0.3, 0.4) is 0 Å². The number of alkyl halides is 6. The molecule has 1 saturated heterocycles. The first-order chi connectivity index (χ1) is 22.3. The number of thiophene rings is 1. The molecule has 0 saturated carbocycles. The van der Waals surface area contributed by atoms with E-state index in [0.717, 1.165) is 17.4 Å². The lowest BCUT2D eigenvalue weighted by Crippen LogP contribution is -2.54. The maximum Gasteiger partial charge on any atom is 0.490 e. The van der Waals surface area contributed by atoms with Gasteiger partial charge in [-0.3, -0.25) is 9.48 Å². The molecule has 1 atom stereocenters. The second-order valence-electron chi connectivity index (χ2n) is 10.0. The SMILES string of the molecule is N#Cc1c(N)sc2c(F)ccc(-c3c(F)c(F)c4c5c3cnn5CC[C@@H]3CNCCN3C4=O)c12.O=C(O)C(F)(F)F.O=C(O)C(F)(F)F. The van der Waals surface area contributed by atoms with Crippen LogP contribution in [-0.4, -0.2) is 80.8 Å². The van der Waals surface area contributed by atoms with E-state index < -0.39 is 47.7 Å². The van der Waals surface area contributed by atoms with E-state index >= 15 is 8.78 Å². The number of amides is 1. The number of nitriles is 1. The zero-order valence-corrected chi connectivity index (χ0v) is 24.5. The van der Waals surface area contributed by atoms with Crippen LogP contribution < -0.4 is 11.1 Å². The van der Waals surface area contributed by atoms with E-state index in [9.17, 15) is 40.8 Å². The summed E-state index contributed by atoms with van der Waals surface area (Å²) in [5, 5.41) is 31.9. The number of carbonyl (C=O) groups is 3. The number of hydrogen-bond donors (Lipinski definition) is 4. The van der Waals surface area contributed by atoms with Crippen molar-refractivity contribution in [3.63, 3.8) is 0 Å². The number of nitrogens with zero attached hydrogens (tertiary/aromatic N) is 4. The van der Waals surface area contributed by atoms with Gasteiger partial charge in [0, 0.05) is 48.6 Å². The van der Waals surface area contributed by atoms with Crippen LogP contribution in [0.1, 0.15) is 22.3 Å². The summed E-state index contributed by atoms with van der Waals surface area (Å²) in [7, 11) is 0. The molecule has 256 valence electrons. The smallest absolute Gasteiger partial charge is 0.475 e. The van der Waals surface area contributed by atoms with E-state index in [-0.39, 0.29) is 54.3 Å².